The number of aryl methyl sites for hydroxylation is 1. The molecule has 0 aliphatic rings. The van der Waals surface area contributed by atoms with E-state index >= 15 is 0 Å². The second-order valence-corrected chi connectivity index (χ2v) is 6.38. The van der Waals surface area contributed by atoms with Crippen molar-refractivity contribution in [1.82, 2.24) is 0 Å². The van der Waals surface area contributed by atoms with Gasteiger partial charge in [-0.05, 0) is 35.7 Å². The van der Waals surface area contributed by atoms with Gasteiger partial charge in [-0.3, -0.25) is 0 Å². The largest absolute Gasteiger partial charge is 0.422 e. The van der Waals surface area contributed by atoms with Gasteiger partial charge in [0.05, 0.1) is 5.56 Å². The summed E-state index contributed by atoms with van der Waals surface area (Å²) in [5.74, 6) is 0. The van der Waals surface area contributed by atoms with Gasteiger partial charge in [0.25, 0.3) is 0 Å². The standard InChI is InChI=1S/C22H15ClO2/c1-14-12-19-17(13-18(14)23)20(15-8-4-2-5-9-15)21(22(24)25-19)16-10-6-3-7-11-16/h2-13H,1H3. The Morgan fingerprint density at radius 3 is 1.96 bits per heavy atom. The second kappa shape index (κ2) is 6.23. The number of hydrogen-bond donors (Lipinski definition) is 0. The highest BCUT2D eigenvalue weighted by Gasteiger charge is 2.18. The predicted molar refractivity (Wildman–Crippen MR) is 103 cm³/mol. The van der Waals surface area contributed by atoms with Gasteiger partial charge in [-0.15, -0.1) is 0 Å². The summed E-state index contributed by atoms with van der Waals surface area (Å²) in [6, 6.07) is 23.1. The molecule has 0 spiro atoms. The lowest BCUT2D eigenvalue weighted by molar-refractivity contribution is 0.563. The van der Waals surface area contributed by atoms with Crippen molar-refractivity contribution in [2.75, 3.05) is 0 Å². The average molecular weight is 347 g/mol. The SMILES string of the molecule is Cc1cc2oc(=O)c(-c3ccccc3)c(-c3ccccc3)c2cc1Cl. The predicted octanol–water partition coefficient (Wildman–Crippen LogP) is 6.09. The summed E-state index contributed by atoms with van der Waals surface area (Å²) in [5, 5.41) is 1.48. The van der Waals surface area contributed by atoms with Crippen molar-refractivity contribution >= 4 is 22.6 Å². The number of rotatable bonds is 2. The summed E-state index contributed by atoms with van der Waals surface area (Å²) in [6.07, 6.45) is 0. The molecule has 0 N–H and O–H groups in total. The van der Waals surface area contributed by atoms with E-state index in [-0.39, 0.29) is 5.63 Å². The molecule has 0 unspecified atom stereocenters. The molecule has 0 atom stereocenters. The molecule has 4 rings (SSSR count). The Morgan fingerprint density at radius 2 is 1.36 bits per heavy atom. The maximum absolute atomic E-state index is 12.8. The molecule has 0 bridgehead atoms. The molecule has 0 aliphatic carbocycles. The third-order valence-corrected chi connectivity index (χ3v) is 4.72. The monoisotopic (exact) mass is 346 g/mol. The topological polar surface area (TPSA) is 30.2 Å². The molecule has 0 amide bonds. The first-order chi connectivity index (χ1) is 12.1. The fraction of sp³-hybridized carbons (Fsp3) is 0.0455. The van der Waals surface area contributed by atoms with E-state index in [1.165, 1.54) is 0 Å². The number of hydrogen-bond acceptors (Lipinski definition) is 2. The van der Waals surface area contributed by atoms with Crippen LogP contribution in [0, 0.1) is 6.92 Å². The van der Waals surface area contributed by atoms with Crippen molar-refractivity contribution in [3.63, 3.8) is 0 Å². The van der Waals surface area contributed by atoms with E-state index in [1.54, 1.807) is 0 Å². The Morgan fingerprint density at radius 1 is 0.800 bits per heavy atom. The van der Waals surface area contributed by atoms with Gasteiger partial charge in [0, 0.05) is 16.0 Å². The molecule has 25 heavy (non-hydrogen) atoms. The van der Waals surface area contributed by atoms with Crippen molar-refractivity contribution < 1.29 is 4.42 Å². The zero-order valence-electron chi connectivity index (χ0n) is 13.6. The number of benzene rings is 3. The summed E-state index contributed by atoms with van der Waals surface area (Å²) in [4.78, 5) is 12.8. The van der Waals surface area contributed by atoms with Gasteiger partial charge < -0.3 is 4.42 Å². The molecular weight excluding hydrogens is 332 g/mol. The molecular formula is C22H15ClO2. The molecule has 4 aromatic rings. The minimum atomic E-state index is -0.348. The Balaban J connectivity index is 2.20. The normalized spacial score (nSPS) is 11.0. The van der Waals surface area contributed by atoms with Crippen LogP contribution >= 0.6 is 11.6 Å². The van der Waals surface area contributed by atoms with E-state index in [9.17, 15) is 4.79 Å². The van der Waals surface area contributed by atoms with Gasteiger partial charge in [0.15, 0.2) is 0 Å². The van der Waals surface area contributed by atoms with Crippen LogP contribution in [-0.4, -0.2) is 0 Å². The number of halogens is 1. The van der Waals surface area contributed by atoms with E-state index < -0.39 is 0 Å². The lowest BCUT2D eigenvalue weighted by Crippen LogP contribution is -2.06. The van der Waals surface area contributed by atoms with E-state index in [4.69, 9.17) is 16.0 Å². The van der Waals surface area contributed by atoms with E-state index in [2.05, 4.69) is 0 Å². The van der Waals surface area contributed by atoms with Gasteiger partial charge in [0.1, 0.15) is 5.58 Å². The van der Waals surface area contributed by atoms with Crippen molar-refractivity contribution in [2.24, 2.45) is 0 Å². The van der Waals surface area contributed by atoms with Crippen LogP contribution in [0.2, 0.25) is 5.02 Å². The van der Waals surface area contributed by atoms with E-state index in [0.29, 0.717) is 16.2 Å². The molecule has 122 valence electrons. The minimum Gasteiger partial charge on any atom is -0.422 e. The maximum Gasteiger partial charge on any atom is 0.344 e. The van der Waals surface area contributed by atoms with Crippen molar-refractivity contribution in [2.45, 2.75) is 6.92 Å². The average Bonchev–Trinajstić information content (AvgIpc) is 2.64. The lowest BCUT2D eigenvalue weighted by atomic mass is 9.93. The lowest BCUT2D eigenvalue weighted by Gasteiger charge is -2.13. The van der Waals surface area contributed by atoms with Crippen molar-refractivity contribution in [3.8, 4) is 22.3 Å². The molecule has 3 heteroatoms. The molecule has 1 heterocycles. The molecule has 0 radical (unpaired) electrons. The smallest absolute Gasteiger partial charge is 0.344 e. The molecule has 3 aromatic carbocycles. The van der Waals surface area contributed by atoms with Crippen LogP contribution < -0.4 is 5.63 Å². The van der Waals surface area contributed by atoms with Crippen LogP contribution in [0.15, 0.2) is 82.0 Å². The third-order valence-electron chi connectivity index (χ3n) is 4.31. The third kappa shape index (κ3) is 2.75. The van der Waals surface area contributed by atoms with Crippen LogP contribution in [-0.2, 0) is 0 Å². The summed E-state index contributed by atoms with van der Waals surface area (Å²) in [7, 11) is 0. The Hall–Kier alpha value is -2.84. The molecule has 0 saturated heterocycles. The fourth-order valence-corrected chi connectivity index (χ4v) is 3.26. The van der Waals surface area contributed by atoms with Crippen LogP contribution in [0.25, 0.3) is 33.2 Å². The first kappa shape index (κ1) is 15.7. The zero-order valence-corrected chi connectivity index (χ0v) is 14.4. The highest BCUT2D eigenvalue weighted by molar-refractivity contribution is 6.32. The molecule has 0 aliphatic heterocycles. The Bertz CT molecular complexity index is 1110. The minimum absolute atomic E-state index is 0.348. The molecule has 1 aromatic heterocycles. The quantitative estimate of drug-likeness (QED) is 0.411. The van der Waals surface area contributed by atoms with Gasteiger partial charge >= 0.3 is 5.63 Å². The van der Waals surface area contributed by atoms with Gasteiger partial charge in [-0.25, -0.2) is 4.79 Å². The first-order valence-electron chi connectivity index (χ1n) is 8.03. The summed E-state index contributed by atoms with van der Waals surface area (Å²) >= 11 is 6.37. The van der Waals surface area contributed by atoms with Crippen molar-refractivity contribution in [3.05, 3.63) is 93.8 Å². The first-order valence-corrected chi connectivity index (χ1v) is 8.41. The van der Waals surface area contributed by atoms with E-state index in [0.717, 1.165) is 27.6 Å². The summed E-state index contributed by atoms with van der Waals surface area (Å²) < 4.78 is 5.63. The maximum atomic E-state index is 12.8. The fourth-order valence-electron chi connectivity index (χ4n) is 3.09. The molecule has 0 fully saturated rings. The molecule has 0 saturated carbocycles. The summed E-state index contributed by atoms with van der Waals surface area (Å²) in [5.41, 5.74) is 4.26. The van der Waals surface area contributed by atoms with Gasteiger partial charge in [0.2, 0.25) is 0 Å². The van der Waals surface area contributed by atoms with Crippen molar-refractivity contribution in [1.29, 1.82) is 0 Å². The van der Waals surface area contributed by atoms with Gasteiger partial charge in [-0.2, -0.15) is 0 Å². The highest BCUT2D eigenvalue weighted by Crippen LogP contribution is 2.37. The van der Waals surface area contributed by atoms with Crippen LogP contribution in [0.3, 0.4) is 0 Å². The zero-order chi connectivity index (χ0) is 17.4. The number of fused-ring (bicyclic) bond motifs is 1. The second-order valence-electron chi connectivity index (χ2n) is 5.97. The Kier molecular flexibility index (Phi) is 3.90. The Labute approximate surface area is 150 Å². The van der Waals surface area contributed by atoms with Gasteiger partial charge in [-0.1, -0.05) is 72.3 Å². The highest BCUT2D eigenvalue weighted by atomic mass is 35.5. The summed E-state index contributed by atoms with van der Waals surface area (Å²) in [6.45, 7) is 1.90. The van der Waals surface area contributed by atoms with Crippen LogP contribution in [0.4, 0.5) is 0 Å². The van der Waals surface area contributed by atoms with E-state index in [1.807, 2.05) is 79.7 Å². The molecule has 2 nitrogen and oxygen atoms in total. The van der Waals surface area contributed by atoms with Crippen LogP contribution in [0.1, 0.15) is 5.56 Å². The van der Waals surface area contributed by atoms with Crippen LogP contribution in [0.5, 0.6) is 0 Å².